The first-order valence-electron chi connectivity index (χ1n) is 7.94. The summed E-state index contributed by atoms with van der Waals surface area (Å²) in [5, 5.41) is 0. The fourth-order valence-electron chi connectivity index (χ4n) is 3.50. The van der Waals surface area contributed by atoms with Gasteiger partial charge in [0, 0.05) is 5.92 Å². The minimum Gasteiger partial charge on any atom is -0.399 e. The van der Waals surface area contributed by atoms with Gasteiger partial charge in [0.25, 0.3) is 0 Å². The van der Waals surface area contributed by atoms with E-state index in [0.717, 1.165) is 11.9 Å². The van der Waals surface area contributed by atoms with Gasteiger partial charge in [-0.1, -0.05) is 12.2 Å². The average Bonchev–Trinajstić information content (AvgIpc) is 2.72. The molecule has 0 aromatic rings. The molecule has 3 aliphatic rings. The molecule has 0 N–H and O–H groups in total. The van der Waals surface area contributed by atoms with Gasteiger partial charge in [-0.05, 0) is 65.9 Å². The molecule has 3 nitrogen and oxygen atoms in total. The highest BCUT2D eigenvalue weighted by Gasteiger charge is 2.53. The third-order valence-electron chi connectivity index (χ3n) is 5.34. The lowest BCUT2D eigenvalue weighted by atomic mass is 9.71. The molecule has 4 heteroatoms. The van der Waals surface area contributed by atoms with E-state index < -0.39 is 0 Å². The van der Waals surface area contributed by atoms with Crippen molar-refractivity contribution in [1.29, 1.82) is 0 Å². The fraction of sp³-hybridized carbons (Fsp3) is 0.765. The first-order valence-corrected chi connectivity index (χ1v) is 7.94. The van der Waals surface area contributed by atoms with Gasteiger partial charge < -0.3 is 14.0 Å². The van der Waals surface area contributed by atoms with Crippen molar-refractivity contribution in [3.63, 3.8) is 0 Å². The van der Waals surface area contributed by atoms with Crippen LogP contribution in [-0.2, 0) is 14.0 Å². The summed E-state index contributed by atoms with van der Waals surface area (Å²) < 4.78 is 18.5. The maximum Gasteiger partial charge on any atom is 0.494 e. The molecule has 0 spiro atoms. The third kappa shape index (κ3) is 2.52. The predicted octanol–water partition coefficient (Wildman–Crippen LogP) is 3.69. The topological polar surface area (TPSA) is 27.7 Å². The molecule has 0 aromatic heterocycles. The number of fused-ring (bicyclic) bond motifs is 1. The molecule has 2 fully saturated rings. The zero-order valence-corrected chi connectivity index (χ0v) is 14.3. The van der Waals surface area contributed by atoms with Crippen molar-refractivity contribution in [2.24, 2.45) is 5.92 Å². The van der Waals surface area contributed by atoms with E-state index in [0.29, 0.717) is 5.92 Å². The summed E-state index contributed by atoms with van der Waals surface area (Å²) in [6.45, 7) is 14.9. The van der Waals surface area contributed by atoms with Gasteiger partial charge in [0.15, 0.2) is 0 Å². The van der Waals surface area contributed by atoms with Crippen LogP contribution in [0, 0.1) is 5.92 Å². The molecule has 0 aromatic carbocycles. The smallest absolute Gasteiger partial charge is 0.399 e. The lowest BCUT2D eigenvalue weighted by Crippen LogP contribution is -2.41. The number of rotatable bonds is 1. The van der Waals surface area contributed by atoms with Crippen molar-refractivity contribution < 1.29 is 14.0 Å². The first kappa shape index (κ1) is 15.3. The number of hydrogen-bond acceptors (Lipinski definition) is 3. The van der Waals surface area contributed by atoms with Crippen LogP contribution in [0.2, 0.25) is 0 Å². The molecule has 2 heterocycles. The van der Waals surface area contributed by atoms with E-state index in [1.54, 1.807) is 0 Å². The average molecular weight is 290 g/mol. The second kappa shape index (κ2) is 4.47. The lowest BCUT2D eigenvalue weighted by Gasteiger charge is -2.32. The Kier molecular flexibility index (Phi) is 3.26. The molecule has 2 atom stereocenters. The van der Waals surface area contributed by atoms with Gasteiger partial charge in [0.1, 0.15) is 0 Å². The lowest BCUT2D eigenvalue weighted by molar-refractivity contribution is -0.00243. The monoisotopic (exact) mass is 290 g/mol. The van der Waals surface area contributed by atoms with Gasteiger partial charge in [-0.25, -0.2) is 0 Å². The Morgan fingerprint density at radius 2 is 1.62 bits per heavy atom. The van der Waals surface area contributed by atoms with Crippen molar-refractivity contribution in [3.05, 3.63) is 23.2 Å². The van der Waals surface area contributed by atoms with Crippen molar-refractivity contribution in [2.45, 2.75) is 77.8 Å². The Morgan fingerprint density at radius 3 is 2.19 bits per heavy atom. The maximum absolute atomic E-state index is 6.18. The Balaban J connectivity index is 1.85. The summed E-state index contributed by atoms with van der Waals surface area (Å²) in [6.07, 6.45) is 5.75. The Labute approximate surface area is 128 Å². The van der Waals surface area contributed by atoms with Crippen LogP contribution in [-0.4, -0.2) is 30.0 Å². The predicted molar refractivity (Wildman–Crippen MR) is 85.0 cm³/mol. The minimum absolute atomic E-state index is 0.0493. The molecule has 2 saturated heterocycles. The van der Waals surface area contributed by atoms with Crippen LogP contribution >= 0.6 is 0 Å². The normalized spacial score (nSPS) is 36.2. The van der Waals surface area contributed by atoms with Crippen LogP contribution in [0.3, 0.4) is 0 Å². The number of ether oxygens (including phenoxy) is 1. The summed E-state index contributed by atoms with van der Waals surface area (Å²) in [4.78, 5) is 0. The zero-order valence-electron chi connectivity index (χ0n) is 14.3. The molecular weight excluding hydrogens is 263 g/mol. The number of hydrogen-bond donors (Lipinski definition) is 0. The summed E-state index contributed by atoms with van der Waals surface area (Å²) in [5.74, 6) is 0.430. The standard InChI is InChI=1S/C17H27BO3/c1-11-8-13(9-12-10-15(2,3)19-14(11)12)18-20-16(4,5)17(6,7)21-18/h8-9,12,14H,10H2,1-7H3. The molecule has 3 rings (SSSR count). The van der Waals surface area contributed by atoms with Crippen molar-refractivity contribution in [2.75, 3.05) is 0 Å². The zero-order chi connectivity index (χ0) is 15.6. The summed E-state index contributed by atoms with van der Waals surface area (Å²) in [7, 11) is -0.269. The van der Waals surface area contributed by atoms with Gasteiger partial charge in [-0.2, -0.15) is 0 Å². The molecule has 2 aliphatic heterocycles. The SMILES string of the molecule is CC1=CC(B2OC(C)(C)C(C)(C)O2)=CC2CC(C)(C)OC12. The Bertz CT molecular complexity index is 500. The van der Waals surface area contributed by atoms with Crippen molar-refractivity contribution in [3.8, 4) is 0 Å². The second-order valence-corrected chi connectivity index (χ2v) is 8.31. The first-order chi connectivity index (χ1) is 9.51. The summed E-state index contributed by atoms with van der Waals surface area (Å²) in [6, 6.07) is 0. The Hall–Kier alpha value is -0.575. The molecule has 0 amide bonds. The van der Waals surface area contributed by atoms with Gasteiger partial charge in [-0.3, -0.25) is 0 Å². The summed E-state index contributed by atoms with van der Waals surface area (Å²) >= 11 is 0. The summed E-state index contributed by atoms with van der Waals surface area (Å²) in [5.41, 5.74) is 1.80. The van der Waals surface area contributed by atoms with Gasteiger partial charge in [0.05, 0.1) is 22.9 Å². The molecule has 1 aliphatic carbocycles. The van der Waals surface area contributed by atoms with E-state index in [2.05, 4.69) is 60.6 Å². The highest BCUT2D eigenvalue weighted by Crippen LogP contribution is 2.44. The molecule has 0 radical (unpaired) electrons. The van der Waals surface area contributed by atoms with E-state index in [9.17, 15) is 0 Å². The van der Waals surface area contributed by atoms with E-state index in [1.165, 1.54) is 5.57 Å². The minimum atomic E-state index is -0.289. The fourth-order valence-corrected chi connectivity index (χ4v) is 3.50. The quantitative estimate of drug-likeness (QED) is 0.689. The molecule has 116 valence electrons. The van der Waals surface area contributed by atoms with Gasteiger partial charge >= 0.3 is 7.12 Å². The maximum atomic E-state index is 6.18. The largest absolute Gasteiger partial charge is 0.494 e. The molecule has 0 saturated carbocycles. The Morgan fingerprint density at radius 1 is 1.05 bits per heavy atom. The molecular formula is C17H27BO3. The van der Waals surface area contributed by atoms with E-state index in [1.807, 2.05) is 0 Å². The molecule has 21 heavy (non-hydrogen) atoms. The van der Waals surface area contributed by atoms with E-state index in [-0.39, 0.29) is 30.0 Å². The highest BCUT2D eigenvalue weighted by atomic mass is 16.7. The van der Waals surface area contributed by atoms with Gasteiger partial charge in [-0.15, -0.1) is 0 Å². The molecule has 2 unspecified atom stereocenters. The van der Waals surface area contributed by atoms with Crippen LogP contribution in [0.25, 0.3) is 0 Å². The van der Waals surface area contributed by atoms with Crippen LogP contribution < -0.4 is 0 Å². The van der Waals surface area contributed by atoms with Crippen LogP contribution in [0.4, 0.5) is 0 Å². The van der Waals surface area contributed by atoms with Crippen LogP contribution in [0.1, 0.15) is 54.9 Å². The van der Waals surface area contributed by atoms with Gasteiger partial charge in [0.2, 0.25) is 0 Å². The highest BCUT2D eigenvalue weighted by molar-refractivity contribution is 6.55. The second-order valence-electron chi connectivity index (χ2n) is 8.31. The van der Waals surface area contributed by atoms with Crippen LogP contribution in [0.5, 0.6) is 0 Å². The van der Waals surface area contributed by atoms with Crippen LogP contribution in [0.15, 0.2) is 23.2 Å². The van der Waals surface area contributed by atoms with E-state index in [4.69, 9.17) is 14.0 Å². The van der Waals surface area contributed by atoms with Crippen molar-refractivity contribution in [1.82, 2.24) is 0 Å². The third-order valence-corrected chi connectivity index (χ3v) is 5.34. The molecule has 0 bridgehead atoms. The number of allylic oxidation sites excluding steroid dienone is 2. The van der Waals surface area contributed by atoms with E-state index >= 15 is 0 Å². The van der Waals surface area contributed by atoms with Crippen molar-refractivity contribution >= 4 is 7.12 Å².